The first-order valence-electron chi connectivity index (χ1n) is 12.6. The van der Waals surface area contributed by atoms with Crippen molar-refractivity contribution < 1.29 is 9.59 Å². The van der Waals surface area contributed by atoms with Gasteiger partial charge in [-0.25, -0.2) is 4.79 Å². The molecular formula is C27H32Cl4N4O2. The molecule has 5 rings (SSSR count). The predicted molar refractivity (Wildman–Crippen MR) is 152 cm³/mol. The molecule has 0 aromatic heterocycles. The highest BCUT2D eigenvalue weighted by Gasteiger charge is 2.40. The summed E-state index contributed by atoms with van der Waals surface area (Å²) >= 11 is 18.9. The van der Waals surface area contributed by atoms with Gasteiger partial charge in [0.2, 0.25) is 0 Å². The number of hydrogen-bond donors (Lipinski definition) is 1. The van der Waals surface area contributed by atoms with Crippen LogP contribution in [0.1, 0.15) is 59.1 Å². The Hall–Kier alpha value is -1.70. The van der Waals surface area contributed by atoms with Gasteiger partial charge in [-0.15, -0.1) is 12.4 Å². The molecule has 3 amide bonds. The lowest BCUT2D eigenvalue weighted by atomic mass is 9.84. The van der Waals surface area contributed by atoms with Crippen LogP contribution in [-0.2, 0) is 0 Å². The van der Waals surface area contributed by atoms with Crippen molar-refractivity contribution in [2.45, 2.75) is 43.7 Å². The van der Waals surface area contributed by atoms with E-state index >= 15 is 0 Å². The standard InChI is InChI=1S/C27H31Cl3N4O2.ClH/c1-32-25(21-5-4-18(28)16-22(21)26(32)35)20(17-3-6-23(29)24(30)15-17)9-14-33-12-7-19(8-13-33)34-11-2-10-31-27(34)36;/h3-6,15-16,19-20,25H,2,7-14H2,1H3,(H,31,36);1H. The molecule has 2 aromatic carbocycles. The number of benzene rings is 2. The molecule has 2 saturated heterocycles. The molecule has 6 nitrogen and oxygen atoms in total. The van der Waals surface area contributed by atoms with Crippen molar-refractivity contribution in [1.29, 1.82) is 0 Å². The van der Waals surface area contributed by atoms with Crippen LogP contribution in [0.4, 0.5) is 4.79 Å². The highest BCUT2D eigenvalue weighted by atomic mass is 35.5. The van der Waals surface area contributed by atoms with E-state index in [2.05, 4.69) is 10.2 Å². The molecule has 0 saturated carbocycles. The van der Waals surface area contributed by atoms with Gasteiger partial charge >= 0.3 is 6.03 Å². The second kappa shape index (κ2) is 12.0. The van der Waals surface area contributed by atoms with Gasteiger partial charge < -0.3 is 20.0 Å². The van der Waals surface area contributed by atoms with Crippen LogP contribution in [0.2, 0.25) is 15.1 Å². The van der Waals surface area contributed by atoms with Gasteiger partial charge in [0.1, 0.15) is 0 Å². The van der Waals surface area contributed by atoms with E-state index in [4.69, 9.17) is 34.8 Å². The molecule has 0 radical (unpaired) electrons. The molecular weight excluding hydrogens is 554 g/mol. The lowest BCUT2D eigenvalue weighted by Gasteiger charge is -2.40. The quantitative estimate of drug-likeness (QED) is 0.436. The Kier molecular flexibility index (Phi) is 9.18. The van der Waals surface area contributed by atoms with Crippen molar-refractivity contribution in [3.05, 3.63) is 68.2 Å². The minimum atomic E-state index is -0.114. The van der Waals surface area contributed by atoms with Crippen LogP contribution >= 0.6 is 47.2 Å². The van der Waals surface area contributed by atoms with Crippen molar-refractivity contribution in [2.75, 3.05) is 39.8 Å². The third-order valence-electron chi connectivity index (χ3n) is 7.92. The molecule has 2 fully saturated rings. The van der Waals surface area contributed by atoms with E-state index in [1.54, 1.807) is 6.07 Å². The molecule has 3 heterocycles. The van der Waals surface area contributed by atoms with Crippen LogP contribution in [0.3, 0.4) is 0 Å². The van der Waals surface area contributed by atoms with Gasteiger partial charge in [-0.2, -0.15) is 0 Å². The van der Waals surface area contributed by atoms with E-state index in [-0.39, 0.29) is 36.3 Å². The van der Waals surface area contributed by atoms with Crippen molar-refractivity contribution >= 4 is 59.1 Å². The number of carbonyl (C=O) groups is 2. The summed E-state index contributed by atoms with van der Waals surface area (Å²) in [5.74, 6) is 0.0323. The van der Waals surface area contributed by atoms with E-state index in [1.165, 1.54) is 0 Å². The van der Waals surface area contributed by atoms with Crippen molar-refractivity contribution in [2.24, 2.45) is 0 Å². The molecule has 0 spiro atoms. The monoisotopic (exact) mass is 584 g/mol. The van der Waals surface area contributed by atoms with E-state index < -0.39 is 0 Å². The molecule has 3 aliphatic rings. The Balaban J connectivity index is 0.00000320. The number of likely N-dealkylation sites (tertiary alicyclic amines) is 1. The average molecular weight is 586 g/mol. The number of likely N-dealkylation sites (N-methyl/N-ethyl adjacent to an activating group) is 1. The first-order valence-corrected chi connectivity index (χ1v) is 13.7. The number of piperidine rings is 1. The number of carbonyl (C=O) groups excluding carboxylic acids is 2. The van der Waals surface area contributed by atoms with Crippen LogP contribution in [-0.4, -0.2) is 72.5 Å². The van der Waals surface area contributed by atoms with Crippen molar-refractivity contribution in [1.82, 2.24) is 20.0 Å². The summed E-state index contributed by atoms with van der Waals surface area (Å²) in [6, 6.07) is 11.7. The first kappa shape index (κ1) is 28.3. The first-order chi connectivity index (χ1) is 17.3. The van der Waals surface area contributed by atoms with Crippen LogP contribution in [0.15, 0.2) is 36.4 Å². The van der Waals surface area contributed by atoms with Gasteiger partial charge in [-0.05, 0) is 67.6 Å². The van der Waals surface area contributed by atoms with E-state index in [9.17, 15) is 9.59 Å². The fraction of sp³-hybridized carbons (Fsp3) is 0.481. The third-order valence-corrected chi connectivity index (χ3v) is 8.90. The molecule has 2 unspecified atom stereocenters. The zero-order chi connectivity index (χ0) is 25.4. The molecule has 0 bridgehead atoms. The number of nitrogens with zero attached hydrogens (tertiary/aromatic N) is 3. The number of fused-ring (bicyclic) bond motifs is 1. The summed E-state index contributed by atoms with van der Waals surface area (Å²) in [6.07, 6.45) is 3.83. The Bertz CT molecular complexity index is 1160. The highest BCUT2D eigenvalue weighted by molar-refractivity contribution is 6.42. The zero-order valence-electron chi connectivity index (χ0n) is 20.8. The summed E-state index contributed by atoms with van der Waals surface area (Å²) in [5, 5.41) is 4.57. The van der Waals surface area contributed by atoms with Gasteiger partial charge in [0, 0.05) is 55.8 Å². The molecule has 2 aromatic rings. The zero-order valence-corrected chi connectivity index (χ0v) is 23.8. The third kappa shape index (κ3) is 5.84. The maximum Gasteiger partial charge on any atom is 0.317 e. The Morgan fingerprint density at radius 3 is 2.46 bits per heavy atom. The molecule has 10 heteroatoms. The number of urea groups is 1. The van der Waals surface area contributed by atoms with Crippen LogP contribution in [0.5, 0.6) is 0 Å². The van der Waals surface area contributed by atoms with Gasteiger partial charge in [0.25, 0.3) is 5.91 Å². The van der Waals surface area contributed by atoms with Crippen molar-refractivity contribution in [3.63, 3.8) is 0 Å². The molecule has 2 atom stereocenters. The maximum atomic E-state index is 13.1. The summed E-state index contributed by atoms with van der Waals surface area (Å²) in [4.78, 5) is 31.7. The number of rotatable bonds is 6. The SMILES string of the molecule is CN1C(=O)c2cc(Cl)ccc2C1C(CCN1CCC(N2CCCNC2=O)CC1)c1ccc(Cl)c(Cl)c1.Cl. The normalized spacial score (nSPS) is 21.5. The van der Waals surface area contributed by atoms with Crippen LogP contribution in [0.25, 0.3) is 0 Å². The Morgan fingerprint density at radius 2 is 1.76 bits per heavy atom. The smallest absolute Gasteiger partial charge is 0.317 e. The molecule has 200 valence electrons. The highest BCUT2D eigenvalue weighted by Crippen LogP contribution is 2.45. The lowest BCUT2D eigenvalue weighted by molar-refractivity contribution is 0.0740. The molecule has 37 heavy (non-hydrogen) atoms. The summed E-state index contributed by atoms with van der Waals surface area (Å²) < 4.78 is 0. The fourth-order valence-corrected chi connectivity index (χ4v) is 6.48. The number of hydrogen-bond acceptors (Lipinski definition) is 3. The maximum absolute atomic E-state index is 13.1. The number of nitrogens with one attached hydrogen (secondary N) is 1. The van der Waals surface area contributed by atoms with E-state index in [1.807, 2.05) is 47.2 Å². The Labute approximate surface area is 239 Å². The molecule has 1 N–H and O–H groups in total. The number of amides is 3. The largest absolute Gasteiger partial charge is 0.338 e. The van der Waals surface area contributed by atoms with E-state index in [0.29, 0.717) is 26.7 Å². The fourth-order valence-electron chi connectivity index (χ4n) is 6.01. The van der Waals surface area contributed by atoms with Gasteiger partial charge in [0.05, 0.1) is 16.1 Å². The topological polar surface area (TPSA) is 55.9 Å². The van der Waals surface area contributed by atoms with Gasteiger partial charge in [-0.3, -0.25) is 4.79 Å². The number of halogens is 4. The van der Waals surface area contributed by atoms with Gasteiger partial charge in [-0.1, -0.05) is 46.9 Å². The Morgan fingerprint density at radius 1 is 1.00 bits per heavy atom. The summed E-state index contributed by atoms with van der Waals surface area (Å²) in [6.45, 7) is 4.42. The van der Waals surface area contributed by atoms with Crippen LogP contribution in [0, 0.1) is 0 Å². The minimum absolute atomic E-state index is 0. The summed E-state index contributed by atoms with van der Waals surface area (Å²) in [5.41, 5.74) is 2.73. The summed E-state index contributed by atoms with van der Waals surface area (Å²) in [7, 11) is 1.86. The van der Waals surface area contributed by atoms with Crippen LogP contribution < -0.4 is 5.32 Å². The lowest BCUT2D eigenvalue weighted by Crippen LogP contribution is -2.54. The minimum Gasteiger partial charge on any atom is -0.338 e. The second-order valence-electron chi connectivity index (χ2n) is 10.0. The van der Waals surface area contributed by atoms with Gasteiger partial charge in [0.15, 0.2) is 0 Å². The van der Waals surface area contributed by atoms with Crippen molar-refractivity contribution in [3.8, 4) is 0 Å². The molecule has 0 aliphatic carbocycles. The second-order valence-corrected chi connectivity index (χ2v) is 11.3. The predicted octanol–water partition coefficient (Wildman–Crippen LogP) is 6.25. The molecule has 3 aliphatic heterocycles. The van der Waals surface area contributed by atoms with E-state index in [0.717, 1.165) is 69.5 Å². The average Bonchev–Trinajstić information content (AvgIpc) is 3.12.